The first kappa shape index (κ1) is 15.4. The average Bonchev–Trinajstić information content (AvgIpc) is 2.57. The van der Waals surface area contributed by atoms with Crippen molar-refractivity contribution in [3.8, 4) is 5.75 Å². The molecule has 0 spiro atoms. The summed E-state index contributed by atoms with van der Waals surface area (Å²) in [5, 5.41) is 9.38. The van der Waals surface area contributed by atoms with Crippen LogP contribution in [0.15, 0.2) is 54.6 Å². The number of phenolic OH excluding ortho intramolecular Hbond substituents is 1. The number of benzene rings is 2. The molecular weight excluding hydrogens is 290 g/mol. The Morgan fingerprint density at radius 1 is 0.957 bits per heavy atom. The zero-order valence-electron chi connectivity index (χ0n) is 12.9. The van der Waals surface area contributed by atoms with Crippen LogP contribution < -0.4 is 10.6 Å². The van der Waals surface area contributed by atoms with Crippen LogP contribution in [0.4, 0.5) is 5.69 Å². The van der Waals surface area contributed by atoms with E-state index >= 15 is 0 Å². The van der Waals surface area contributed by atoms with Gasteiger partial charge in [0.1, 0.15) is 11.8 Å². The molecule has 5 nitrogen and oxygen atoms in total. The minimum absolute atomic E-state index is 0.269. The number of hydrogen-bond donors (Lipinski definition) is 2. The Bertz CT molecular complexity index is 650. The highest BCUT2D eigenvalue weighted by molar-refractivity contribution is 5.81. The quantitative estimate of drug-likeness (QED) is 0.902. The first-order chi connectivity index (χ1) is 11.1. The van der Waals surface area contributed by atoms with Crippen molar-refractivity contribution in [1.82, 2.24) is 4.90 Å². The van der Waals surface area contributed by atoms with Gasteiger partial charge in [-0.2, -0.15) is 0 Å². The average molecular weight is 311 g/mol. The van der Waals surface area contributed by atoms with Crippen LogP contribution >= 0.6 is 0 Å². The second kappa shape index (κ2) is 6.71. The fraction of sp³-hybridized carbons (Fsp3) is 0.278. The van der Waals surface area contributed by atoms with Gasteiger partial charge in [-0.3, -0.25) is 9.69 Å². The van der Waals surface area contributed by atoms with Gasteiger partial charge in [-0.1, -0.05) is 30.3 Å². The van der Waals surface area contributed by atoms with Crippen LogP contribution in [-0.4, -0.2) is 42.1 Å². The van der Waals surface area contributed by atoms with E-state index in [1.165, 1.54) is 0 Å². The molecule has 0 aromatic heterocycles. The van der Waals surface area contributed by atoms with Crippen LogP contribution in [-0.2, 0) is 4.79 Å². The van der Waals surface area contributed by atoms with Crippen LogP contribution in [0.5, 0.6) is 5.75 Å². The van der Waals surface area contributed by atoms with Crippen molar-refractivity contribution in [1.29, 1.82) is 0 Å². The molecule has 5 heteroatoms. The lowest BCUT2D eigenvalue weighted by molar-refractivity contribution is -0.123. The molecule has 0 bridgehead atoms. The summed E-state index contributed by atoms with van der Waals surface area (Å²) in [7, 11) is 0. The molecule has 1 atom stereocenters. The molecule has 3 N–H and O–H groups in total. The Morgan fingerprint density at radius 3 is 2.13 bits per heavy atom. The molecule has 0 aliphatic carbocycles. The van der Waals surface area contributed by atoms with Crippen molar-refractivity contribution < 1.29 is 9.90 Å². The third-order valence-electron chi connectivity index (χ3n) is 4.28. The van der Waals surface area contributed by atoms with E-state index in [1.54, 1.807) is 12.1 Å². The number of carbonyl (C=O) groups is 1. The summed E-state index contributed by atoms with van der Waals surface area (Å²) < 4.78 is 0. The monoisotopic (exact) mass is 311 g/mol. The van der Waals surface area contributed by atoms with Gasteiger partial charge in [0.2, 0.25) is 5.91 Å². The topological polar surface area (TPSA) is 69.8 Å². The van der Waals surface area contributed by atoms with Gasteiger partial charge in [-0.25, -0.2) is 0 Å². The first-order valence-electron chi connectivity index (χ1n) is 7.77. The summed E-state index contributed by atoms with van der Waals surface area (Å²) in [4.78, 5) is 16.3. The lowest BCUT2D eigenvalue weighted by Gasteiger charge is -2.39. The molecule has 1 aliphatic heterocycles. The summed E-state index contributed by atoms with van der Waals surface area (Å²) in [5.41, 5.74) is 7.66. The van der Waals surface area contributed by atoms with Gasteiger partial charge >= 0.3 is 0 Å². The number of anilines is 1. The molecule has 1 saturated heterocycles. The predicted molar refractivity (Wildman–Crippen MR) is 90.3 cm³/mol. The lowest BCUT2D eigenvalue weighted by Crippen LogP contribution is -2.50. The van der Waals surface area contributed by atoms with E-state index in [0.717, 1.165) is 37.4 Å². The van der Waals surface area contributed by atoms with Crippen LogP contribution in [0.2, 0.25) is 0 Å². The normalized spacial score (nSPS) is 17.0. The molecule has 1 aliphatic rings. The Morgan fingerprint density at radius 2 is 1.57 bits per heavy atom. The molecular formula is C18H21N3O2. The van der Waals surface area contributed by atoms with E-state index in [1.807, 2.05) is 42.5 Å². The number of aromatic hydroxyl groups is 1. The molecule has 1 heterocycles. The highest BCUT2D eigenvalue weighted by Gasteiger charge is 2.28. The van der Waals surface area contributed by atoms with E-state index in [0.29, 0.717) is 0 Å². The second-order valence-corrected chi connectivity index (χ2v) is 5.76. The number of hydrogen-bond acceptors (Lipinski definition) is 4. The van der Waals surface area contributed by atoms with Crippen molar-refractivity contribution in [2.75, 3.05) is 31.1 Å². The summed E-state index contributed by atoms with van der Waals surface area (Å²) in [6.07, 6.45) is 0. The van der Waals surface area contributed by atoms with Crippen molar-refractivity contribution in [3.05, 3.63) is 60.2 Å². The van der Waals surface area contributed by atoms with E-state index in [-0.39, 0.29) is 17.7 Å². The molecule has 2 aromatic carbocycles. The Labute approximate surface area is 135 Å². The molecule has 1 amide bonds. The highest BCUT2D eigenvalue weighted by Crippen LogP contribution is 2.25. The van der Waals surface area contributed by atoms with Crippen LogP contribution in [0.1, 0.15) is 11.6 Å². The van der Waals surface area contributed by atoms with E-state index in [9.17, 15) is 9.90 Å². The minimum Gasteiger partial charge on any atom is -0.508 e. The van der Waals surface area contributed by atoms with Gasteiger partial charge in [0, 0.05) is 31.9 Å². The molecule has 1 fully saturated rings. The first-order valence-corrected chi connectivity index (χ1v) is 7.77. The summed E-state index contributed by atoms with van der Waals surface area (Å²) in [5.74, 6) is -0.0421. The van der Waals surface area contributed by atoms with Gasteiger partial charge < -0.3 is 15.7 Å². The Balaban J connectivity index is 1.69. The summed E-state index contributed by atoms with van der Waals surface area (Å²) in [6.45, 7) is 3.18. The minimum atomic E-state index is -0.377. The van der Waals surface area contributed by atoms with Gasteiger partial charge in [0.25, 0.3) is 0 Å². The summed E-state index contributed by atoms with van der Waals surface area (Å²) >= 11 is 0. The maximum atomic E-state index is 11.9. The van der Waals surface area contributed by atoms with Crippen molar-refractivity contribution in [2.24, 2.45) is 5.73 Å². The van der Waals surface area contributed by atoms with E-state index in [4.69, 9.17) is 5.73 Å². The molecule has 0 radical (unpaired) electrons. The van der Waals surface area contributed by atoms with Crippen molar-refractivity contribution in [2.45, 2.75) is 6.04 Å². The van der Waals surface area contributed by atoms with Crippen LogP contribution in [0.3, 0.4) is 0 Å². The number of phenols is 1. The van der Waals surface area contributed by atoms with Crippen molar-refractivity contribution in [3.63, 3.8) is 0 Å². The molecule has 2 aromatic rings. The van der Waals surface area contributed by atoms with Crippen molar-refractivity contribution >= 4 is 11.6 Å². The lowest BCUT2D eigenvalue weighted by atomic mass is 10.0. The second-order valence-electron chi connectivity index (χ2n) is 5.76. The Kier molecular flexibility index (Phi) is 4.48. The number of carbonyl (C=O) groups excluding carboxylic acids is 1. The number of nitrogens with zero attached hydrogens (tertiary/aromatic N) is 2. The largest absolute Gasteiger partial charge is 0.508 e. The number of rotatable bonds is 4. The number of nitrogens with two attached hydrogens (primary N) is 1. The molecule has 1 unspecified atom stereocenters. The van der Waals surface area contributed by atoms with Gasteiger partial charge in [0.15, 0.2) is 0 Å². The van der Waals surface area contributed by atoms with E-state index < -0.39 is 0 Å². The molecule has 120 valence electrons. The maximum Gasteiger partial charge on any atom is 0.239 e. The smallest absolute Gasteiger partial charge is 0.239 e. The fourth-order valence-corrected chi connectivity index (χ4v) is 3.09. The zero-order chi connectivity index (χ0) is 16.2. The summed E-state index contributed by atoms with van der Waals surface area (Å²) in [6, 6.07) is 16.5. The Hall–Kier alpha value is -2.53. The molecule has 3 rings (SSSR count). The van der Waals surface area contributed by atoms with Gasteiger partial charge in [0.05, 0.1) is 0 Å². The molecule has 23 heavy (non-hydrogen) atoms. The third-order valence-corrected chi connectivity index (χ3v) is 4.28. The number of piperazine rings is 1. The zero-order valence-corrected chi connectivity index (χ0v) is 12.9. The number of amides is 1. The maximum absolute atomic E-state index is 11.9. The standard InChI is InChI=1S/C18H21N3O2/c19-18(23)17(14-4-2-1-3-5-14)21-12-10-20(11-13-21)15-6-8-16(22)9-7-15/h1-9,17,22H,10-13H2,(H2,19,23). The third kappa shape index (κ3) is 3.46. The highest BCUT2D eigenvalue weighted by atomic mass is 16.3. The van der Waals surface area contributed by atoms with Crippen LogP contribution in [0.25, 0.3) is 0 Å². The van der Waals surface area contributed by atoms with E-state index in [2.05, 4.69) is 9.80 Å². The molecule has 0 saturated carbocycles. The van der Waals surface area contributed by atoms with Gasteiger partial charge in [-0.15, -0.1) is 0 Å². The van der Waals surface area contributed by atoms with Gasteiger partial charge in [-0.05, 0) is 29.8 Å². The SMILES string of the molecule is NC(=O)C(c1ccccc1)N1CCN(c2ccc(O)cc2)CC1. The number of primary amides is 1. The predicted octanol–water partition coefficient (Wildman–Crippen LogP) is 1.74. The van der Waals surface area contributed by atoms with Crippen LogP contribution in [0, 0.1) is 0 Å². The fourth-order valence-electron chi connectivity index (χ4n) is 3.09.